The van der Waals surface area contributed by atoms with Gasteiger partial charge in [0.1, 0.15) is 0 Å². The number of hydrogen-bond acceptors (Lipinski definition) is 6. The van der Waals surface area contributed by atoms with Crippen LogP contribution in [0.2, 0.25) is 0 Å². The predicted octanol–water partition coefficient (Wildman–Crippen LogP) is 2.25. The largest absolute Gasteiger partial charge is 0.456 e. The minimum atomic E-state index is -0.658. The zero-order valence-electron chi connectivity index (χ0n) is 14.2. The molecule has 0 saturated carbocycles. The first-order valence-electron chi connectivity index (χ1n) is 8.02. The van der Waals surface area contributed by atoms with Crippen LogP contribution in [0.3, 0.4) is 0 Å². The van der Waals surface area contributed by atoms with Gasteiger partial charge in [-0.15, -0.1) is 11.3 Å². The van der Waals surface area contributed by atoms with Crippen LogP contribution >= 0.6 is 11.3 Å². The summed E-state index contributed by atoms with van der Waals surface area (Å²) in [4.78, 5) is 39.1. The molecule has 0 aliphatic rings. The van der Waals surface area contributed by atoms with Crippen LogP contribution < -0.4 is 10.6 Å². The van der Waals surface area contributed by atoms with Gasteiger partial charge in [0.25, 0.3) is 5.91 Å². The molecule has 0 bridgehead atoms. The summed E-state index contributed by atoms with van der Waals surface area (Å²) in [5, 5.41) is 5.49. The number of aromatic nitrogens is 1. The molecule has 7 nitrogen and oxygen atoms in total. The van der Waals surface area contributed by atoms with Gasteiger partial charge in [0.2, 0.25) is 0 Å². The molecule has 0 unspecified atom stereocenters. The molecule has 0 aliphatic heterocycles. The van der Waals surface area contributed by atoms with E-state index < -0.39 is 24.5 Å². The molecule has 0 spiro atoms. The summed E-state index contributed by atoms with van der Waals surface area (Å²) < 4.78 is 5.94. The molecular formula is C17H21N3O4S. The number of rotatable bonds is 7. The summed E-state index contributed by atoms with van der Waals surface area (Å²) in [6.45, 7) is 3.86. The third-order valence-corrected chi connectivity index (χ3v) is 4.27. The lowest BCUT2D eigenvalue weighted by Gasteiger charge is -2.08. The van der Waals surface area contributed by atoms with E-state index in [9.17, 15) is 14.4 Å². The molecule has 0 radical (unpaired) electrons. The highest BCUT2D eigenvalue weighted by molar-refractivity contribution is 7.18. The monoisotopic (exact) mass is 363 g/mol. The number of ether oxygens (including phenoxy) is 1. The molecule has 25 heavy (non-hydrogen) atoms. The average Bonchev–Trinajstić information content (AvgIpc) is 2.99. The second-order valence-corrected chi connectivity index (χ2v) is 7.00. The van der Waals surface area contributed by atoms with Gasteiger partial charge >= 0.3 is 12.0 Å². The van der Waals surface area contributed by atoms with Crippen molar-refractivity contribution < 1.29 is 19.1 Å². The number of para-hydroxylation sites is 1. The fraction of sp³-hybridized carbons (Fsp3) is 0.412. The number of nitrogens with zero attached hydrogens (tertiary/aromatic N) is 1. The number of carbonyl (C=O) groups is 3. The van der Waals surface area contributed by atoms with Gasteiger partial charge in [-0.05, 0) is 18.1 Å². The third-order valence-electron chi connectivity index (χ3n) is 3.17. The molecule has 3 amide bonds. The number of fused-ring (bicyclic) bond motifs is 1. The SMILES string of the molecule is CC(C)CNC(=O)NC(=O)COC(=O)CCc1nc2ccccc2s1. The Hall–Kier alpha value is -2.48. The number of nitrogens with one attached hydrogen (secondary N) is 2. The predicted molar refractivity (Wildman–Crippen MR) is 95.3 cm³/mol. The van der Waals surface area contributed by atoms with Crippen LogP contribution in [-0.2, 0) is 20.7 Å². The highest BCUT2D eigenvalue weighted by Gasteiger charge is 2.12. The van der Waals surface area contributed by atoms with Gasteiger partial charge in [0, 0.05) is 13.0 Å². The van der Waals surface area contributed by atoms with Gasteiger partial charge in [-0.25, -0.2) is 9.78 Å². The number of aryl methyl sites for hydroxylation is 1. The quantitative estimate of drug-likeness (QED) is 0.736. The molecule has 0 fully saturated rings. The number of hydrogen-bond donors (Lipinski definition) is 2. The molecule has 1 aromatic carbocycles. The van der Waals surface area contributed by atoms with E-state index in [1.807, 2.05) is 38.1 Å². The second kappa shape index (κ2) is 9.12. The van der Waals surface area contributed by atoms with E-state index in [0.29, 0.717) is 13.0 Å². The highest BCUT2D eigenvalue weighted by Crippen LogP contribution is 2.22. The zero-order chi connectivity index (χ0) is 18.2. The summed E-state index contributed by atoms with van der Waals surface area (Å²) in [6.07, 6.45) is 0.585. The Morgan fingerprint density at radius 2 is 2.00 bits per heavy atom. The van der Waals surface area contributed by atoms with Crippen molar-refractivity contribution in [1.82, 2.24) is 15.6 Å². The molecule has 8 heteroatoms. The van der Waals surface area contributed by atoms with Gasteiger partial charge in [0.05, 0.1) is 21.6 Å². The lowest BCUT2D eigenvalue weighted by atomic mass is 10.2. The maximum atomic E-state index is 11.7. The molecule has 1 heterocycles. The van der Waals surface area contributed by atoms with Gasteiger partial charge < -0.3 is 10.1 Å². The van der Waals surface area contributed by atoms with Crippen molar-refractivity contribution in [3.05, 3.63) is 29.3 Å². The molecule has 134 valence electrons. The summed E-state index contributed by atoms with van der Waals surface area (Å²) in [5.74, 6) is -0.882. The summed E-state index contributed by atoms with van der Waals surface area (Å²) >= 11 is 1.53. The zero-order valence-corrected chi connectivity index (χ0v) is 15.0. The van der Waals surface area contributed by atoms with Crippen molar-refractivity contribution in [3.63, 3.8) is 0 Å². The summed E-state index contributed by atoms with van der Waals surface area (Å²) in [6, 6.07) is 7.15. The van der Waals surface area contributed by atoms with Crippen molar-refractivity contribution in [2.45, 2.75) is 26.7 Å². The Morgan fingerprint density at radius 1 is 1.24 bits per heavy atom. The normalized spacial score (nSPS) is 10.7. The van der Waals surface area contributed by atoms with E-state index in [-0.39, 0.29) is 12.3 Å². The Kier molecular flexibility index (Phi) is 6.88. The minimum absolute atomic E-state index is 0.132. The number of carbonyl (C=O) groups excluding carboxylic acids is 3. The fourth-order valence-electron chi connectivity index (χ4n) is 1.96. The van der Waals surface area contributed by atoms with Crippen LogP contribution in [0.5, 0.6) is 0 Å². The van der Waals surface area contributed by atoms with E-state index in [0.717, 1.165) is 15.2 Å². The Balaban J connectivity index is 1.68. The topological polar surface area (TPSA) is 97.4 Å². The number of esters is 1. The number of imide groups is 1. The van der Waals surface area contributed by atoms with Crippen LogP contribution in [-0.4, -0.2) is 36.0 Å². The maximum Gasteiger partial charge on any atom is 0.321 e. The maximum absolute atomic E-state index is 11.7. The number of benzene rings is 1. The first kappa shape index (κ1) is 18.9. The third kappa shape index (κ3) is 6.50. The lowest BCUT2D eigenvalue weighted by molar-refractivity contribution is -0.148. The van der Waals surface area contributed by atoms with Gasteiger partial charge in [-0.1, -0.05) is 26.0 Å². The van der Waals surface area contributed by atoms with E-state index in [4.69, 9.17) is 4.74 Å². The van der Waals surface area contributed by atoms with Crippen LogP contribution in [0.25, 0.3) is 10.2 Å². The smallest absolute Gasteiger partial charge is 0.321 e. The molecule has 0 aliphatic carbocycles. The molecular weight excluding hydrogens is 342 g/mol. The minimum Gasteiger partial charge on any atom is -0.456 e. The highest BCUT2D eigenvalue weighted by atomic mass is 32.1. The standard InChI is InChI=1S/C17H21N3O4S/c1-11(2)9-18-17(23)20-14(21)10-24-16(22)8-7-15-19-12-5-3-4-6-13(12)25-15/h3-6,11H,7-10H2,1-2H3,(H2,18,20,21,23). The van der Waals surface area contributed by atoms with E-state index in [1.165, 1.54) is 11.3 Å². The van der Waals surface area contributed by atoms with Gasteiger partial charge in [0.15, 0.2) is 6.61 Å². The first-order chi connectivity index (χ1) is 11.9. The summed E-state index contributed by atoms with van der Waals surface area (Å²) in [7, 11) is 0. The average molecular weight is 363 g/mol. The number of thiazole rings is 1. The molecule has 0 saturated heterocycles. The number of urea groups is 1. The van der Waals surface area contributed by atoms with E-state index in [1.54, 1.807) is 0 Å². The lowest BCUT2D eigenvalue weighted by Crippen LogP contribution is -2.42. The van der Waals surface area contributed by atoms with Gasteiger partial charge in [-0.3, -0.25) is 14.9 Å². The van der Waals surface area contributed by atoms with E-state index in [2.05, 4.69) is 15.6 Å². The van der Waals surface area contributed by atoms with Crippen LogP contribution in [0, 0.1) is 5.92 Å². The molecule has 2 N–H and O–H groups in total. The molecule has 2 aromatic rings. The summed E-state index contributed by atoms with van der Waals surface area (Å²) in [5.41, 5.74) is 0.905. The first-order valence-corrected chi connectivity index (χ1v) is 8.83. The van der Waals surface area contributed by atoms with Crippen molar-refractivity contribution in [1.29, 1.82) is 0 Å². The Labute approximate surface area is 149 Å². The second-order valence-electron chi connectivity index (χ2n) is 5.89. The van der Waals surface area contributed by atoms with Crippen molar-refractivity contribution >= 4 is 39.5 Å². The molecule has 1 aromatic heterocycles. The molecule has 2 rings (SSSR count). The van der Waals surface area contributed by atoms with Gasteiger partial charge in [-0.2, -0.15) is 0 Å². The van der Waals surface area contributed by atoms with Crippen LogP contribution in [0.4, 0.5) is 4.79 Å². The number of amides is 3. The van der Waals surface area contributed by atoms with E-state index >= 15 is 0 Å². The molecule has 0 atom stereocenters. The van der Waals surface area contributed by atoms with Crippen molar-refractivity contribution in [2.75, 3.05) is 13.2 Å². The Morgan fingerprint density at radius 3 is 2.72 bits per heavy atom. The van der Waals surface area contributed by atoms with Crippen LogP contribution in [0.1, 0.15) is 25.3 Å². The van der Waals surface area contributed by atoms with Crippen LogP contribution in [0.15, 0.2) is 24.3 Å². The van der Waals surface area contributed by atoms with Crippen molar-refractivity contribution in [2.24, 2.45) is 5.92 Å². The fourth-order valence-corrected chi connectivity index (χ4v) is 2.92. The Bertz CT molecular complexity index is 724. The van der Waals surface area contributed by atoms with Crippen molar-refractivity contribution in [3.8, 4) is 0 Å².